The molecule has 4 nitrogen and oxygen atoms in total. The van der Waals surface area contributed by atoms with Crippen molar-refractivity contribution in [3.63, 3.8) is 0 Å². The molecule has 0 aliphatic heterocycles. The van der Waals surface area contributed by atoms with E-state index >= 15 is 0 Å². The standard InChI is InChI=1S/C16H25NO3S/c1-16(2,3)21(18,19)10-9-20-13-6-7-14-12(11-13)5-8-15(14)17-4/h6-7,11,15,17H,5,8-10H2,1-4H3. The lowest BCUT2D eigenvalue weighted by atomic mass is 10.1. The van der Waals surface area contributed by atoms with Crippen molar-refractivity contribution in [2.75, 3.05) is 19.4 Å². The van der Waals surface area contributed by atoms with Crippen molar-refractivity contribution in [3.8, 4) is 5.75 Å². The molecule has 1 aromatic carbocycles. The van der Waals surface area contributed by atoms with Crippen LogP contribution in [0.15, 0.2) is 18.2 Å². The Balaban J connectivity index is 1.97. The molecule has 0 aromatic heterocycles. The van der Waals surface area contributed by atoms with Crippen LogP contribution in [0.3, 0.4) is 0 Å². The van der Waals surface area contributed by atoms with E-state index in [4.69, 9.17) is 4.74 Å². The maximum Gasteiger partial charge on any atom is 0.158 e. The Morgan fingerprint density at radius 3 is 2.67 bits per heavy atom. The highest BCUT2D eigenvalue weighted by molar-refractivity contribution is 7.92. The van der Waals surface area contributed by atoms with Crippen LogP contribution in [0.1, 0.15) is 44.4 Å². The summed E-state index contributed by atoms with van der Waals surface area (Å²) in [6, 6.07) is 6.47. The second kappa shape index (κ2) is 5.97. The van der Waals surface area contributed by atoms with Crippen LogP contribution < -0.4 is 10.1 Å². The van der Waals surface area contributed by atoms with Gasteiger partial charge in [0.1, 0.15) is 12.4 Å². The number of rotatable bonds is 5. The van der Waals surface area contributed by atoms with E-state index in [-0.39, 0.29) is 12.4 Å². The Morgan fingerprint density at radius 1 is 1.33 bits per heavy atom. The summed E-state index contributed by atoms with van der Waals surface area (Å²) < 4.78 is 28.9. The summed E-state index contributed by atoms with van der Waals surface area (Å²) in [6.45, 7) is 5.36. The molecule has 0 bridgehead atoms. The maximum absolute atomic E-state index is 12.0. The zero-order chi connectivity index (χ0) is 15.7. The zero-order valence-corrected chi connectivity index (χ0v) is 14.1. The Hall–Kier alpha value is -1.07. The molecule has 118 valence electrons. The highest BCUT2D eigenvalue weighted by Crippen LogP contribution is 2.33. The first-order valence-corrected chi connectivity index (χ1v) is 9.05. The van der Waals surface area contributed by atoms with Crippen LogP contribution in [-0.2, 0) is 16.3 Å². The second-order valence-corrected chi connectivity index (χ2v) is 9.38. The Labute approximate surface area is 127 Å². The molecule has 21 heavy (non-hydrogen) atoms. The third-order valence-electron chi connectivity index (χ3n) is 4.09. The van der Waals surface area contributed by atoms with Gasteiger partial charge in [0.25, 0.3) is 0 Å². The van der Waals surface area contributed by atoms with Crippen LogP contribution in [0.25, 0.3) is 0 Å². The lowest BCUT2D eigenvalue weighted by Gasteiger charge is -2.19. The van der Waals surface area contributed by atoms with Crippen LogP contribution in [0.5, 0.6) is 5.75 Å². The fourth-order valence-electron chi connectivity index (χ4n) is 2.56. The van der Waals surface area contributed by atoms with E-state index in [0.717, 1.165) is 18.6 Å². The lowest BCUT2D eigenvalue weighted by Crippen LogP contribution is -2.32. The van der Waals surface area contributed by atoms with Gasteiger partial charge < -0.3 is 10.1 Å². The van der Waals surface area contributed by atoms with Gasteiger partial charge in [-0.05, 0) is 63.9 Å². The normalized spacial score (nSPS) is 18.6. The van der Waals surface area contributed by atoms with Gasteiger partial charge in [-0.25, -0.2) is 8.42 Å². The Bertz CT molecular complexity index is 602. The van der Waals surface area contributed by atoms with Gasteiger partial charge in [-0.3, -0.25) is 0 Å². The van der Waals surface area contributed by atoms with Gasteiger partial charge in [0.05, 0.1) is 10.5 Å². The number of fused-ring (bicyclic) bond motifs is 1. The van der Waals surface area contributed by atoms with E-state index in [9.17, 15) is 8.42 Å². The topological polar surface area (TPSA) is 55.4 Å². The molecule has 0 heterocycles. The van der Waals surface area contributed by atoms with Crippen molar-refractivity contribution in [3.05, 3.63) is 29.3 Å². The average Bonchev–Trinajstić information content (AvgIpc) is 2.79. The molecule has 0 fully saturated rings. The van der Waals surface area contributed by atoms with Gasteiger partial charge in [0, 0.05) is 6.04 Å². The number of ether oxygens (including phenoxy) is 1. The highest BCUT2D eigenvalue weighted by atomic mass is 32.2. The molecule has 1 unspecified atom stereocenters. The largest absolute Gasteiger partial charge is 0.493 e. The van der Waals surface area contributed by atoms with Gasteiger partial charge in [-0.1, -0.05) is 6.07 Å². The van der Waals surface area contributed by atoms with E-state index < -0.39 is 14.6 Å². The van der Waals surface area contributed by atoms with Gasteiger partial charge in [0.15, 0.2) is 9.84 Å². The predicted octanol–water partition coefficient (Wildman–Crippen LogP) is 2.49. The number of hydrogen-bond acceptors (Lipinski definition) is 4. The number of aryl methyl sites for hydroxylation is 1. The molecule has 0 saturated carbocycles. The fourth-order valence-corrected chi connectivity index (χ4v) is 3.47. The predicted molar refractivity (Wildman–Crippen MR) is 85.6 cm³/mol. The summed E-state index contributed by atoms with van der Waals surface area (Å²) in [5.41, 5.74) is 2.62. The summed E-state index contributed by atoms with van der Waals surface area (Å²) >= 11 is 0. The first kappa shape index (κ1) is 16.3. The molecule has 1 N–H and O–H groups in total. The molecule has 0 spiro atoms. The van der Waals surface area contributed by atoms with Crippen LogP contribution in [0, 0.1) is 0 Å². The van der Waals surface area contributed by atoms with Gasteiger partial charge in [0.2, 0.25) is 0 Å². The van der Waals surface area contributed by atoms with Crippen molar-refractivity contribution in [1.29, 1.82) is 0 Å². The molecular weight excluding hydrogens is 286 g/mol. The number of sulfone groups is 1. The molecule has 1 atom stereocenters. The van der Waals surface area contributed by atoms with Crippen LogP contribution in [0.4, 0.5) is 0 Å². The monoisotopic (exact) mass is 311 g/mol. The number of benzene rings is 1. The smallest absolute Gasteiger partial charge is 0.158 e. The van der Waals surface area contributed by atoms with E-state index in [2.05, 4.69) is 11.4 Å². The molecular formula is C16H25NO3S. The summed E-state index contributed by atoms with van der Waals surface area (Å²) in [4.78, 5) is 0. The van der Waals surface area contributed by atoms with Crippen molar-refractivity contribution < 1.29 is 13.2 Å². The zero-order valence-electron chi connectivity index (χ0n) is 13.3. The third kappa shape index (κ3) is 3.58. The third-order valence-corrected chi connectivity index (χ3v) is 6.66. The van der Waals surface area contributed by atoms with Crippen molar-refractivity contribution >= 4 is 9.84 Å². The minimum atomic E-state index is -3.13. The van der Waals surface area contributed by atoms with E-state index in [1.165, 1.54) is 11.1 Å². The maximum atomic E-state index is 12.0. The number of hydrogen-bond donors (Lipinski definition) is 1. The average molecular weight is 311 g/mol. The minimum absolute atomic E-state index is 0.0483. The van der Waals surface area contributed by atoms with E-state index in [0.29, 0.717) is 6.04 Å². The molecule has 1 aliphatic rings. The lowest BCUT2D eigenvalue weighted by molar-refractivity contribution is 0.339. The Kier molecular flexibility index (Phi) is 4.63. The summed E-state index contributed by atoms with van der Waals surface area (Å²) in [5, 5.41) is 3.30. The van der Waals surface area contributed by atoms with Crippen molar-refractivity contribution in [1.82, 2.24) is 5.32 Å². The quantitative estimate of drug-likeness (QED) is 0.907. The molecule has 1 aliphatic carbocycles. The van der Waals surface area contributed by atoms with E-state index in [1.807, 2.05) is 19.2 Å². The van der Waals surface area contributed by atoms with Crippen molar-refractivity contribution in [2.24, 2.45) is 0 Å². The molecule has 1 aromatic rings. The summed E-state index contributed by atoms with van der Waals surface area (Å²) in [6.07, 6.45) is 2.14. The van der Waals surface area contributed by atoms with Crippen LogP contribution in [0.2, 0.25) is 0 Å². The highest BCUT2D eigenvalue weighted by Gasteiger charge is 2.28. The van der Waals surface area contributed by atoms with Gasteiger partial charge in [-0.2, -0.15) is 0 Å². The van der Waals surface area contributed by atoms with Crippen LogP contribution in [-0.4, -0.2) is 32.6 Å². The van der Waals surface area contributed by atoms with E-state index in [1.54, 1.807) is 20.8 Å². The van der Waals surface area contributed by atoms with Crippen molar-refractivity contribution in [2.45, 2.75) is 44.4 Å². The first-order valence-electron chi connectivity index (χ1n) is 7.40. The van der Waals surface area contributed by atoms with Gasteiger partial charge >= 0.3 is 0 Å². The molecule has 0 radical (unpaired) electrons. The molecule has 0 saturated heterocycles. The molecule has 5 heteroatoms. The summed E-state index contributed by atoms with van der Waals surface area (Å²) in [7, 11) is -1.15. The second-order valence-electron chi connectivity index (χ2n) is 6.52. The van der Waals surface area contributed by atoms with Gasteiger partial charge in [-0.15, -0.1) is 0 Å². The fraction of sp³-hybridized carbons (Fsp3) is 0.625. The first-order chi connectivity index (χ1) is 9.74. The molecule has 2 rings (SSSR count). The van der Waals surface area contributed by atoms with Crippen LogP contribution >= 0.6 is 0 Å². The number of nitrogens with one attached hydrogen (secondary N) is 1. The summed E-state index contributed by atoms with van der Waals surface area (Å²) in [5.74, 6) is 0.807. The SMILES string of the molecule is CNC1CCc2cc(OCCS(=O)(=O)C(C)(C)C)ccc21. The minimum Gasteiger partial charge on any atom is -0.493 e. The molecule has 0 amide bonds. The Morgan fingerprint density at radius 2 is 2.05 bits per heavy atom.